The van der Waals surface area contributed by atoms with Crippen LogP contribution in [-0.4, -0.2) is 46.9 Å². The molecule has 128 valence electrons. The number of anilines is 1. The fourth-order valence-corrected chi connectivity index (χ4v) is 3.84. The Morgan fingerprint density at radius 1 is 1.43 bits per heavy atom. The van der Waals surface area contributed by atoms with Gasteiger partial charge in [0.25, 0.3) is 0 Å². The molecule has 1 atom stereocenters. The molecule has 23 heavy (non-hydrogen) atoms. The third-order valence-corrected chi connectivity index (χ3v) is 5.60. The molecule has 0 aromatic carbocycles. The second-order valence-corrected chi connectivity index (χ2v) is 7.62. The first kappa shape index (κ1) is 16.6. The molecule has 1 amide bonds. The molecule has 2 aliphatic rings. The summed E-state index contributed by atoms with van der Waals surface area (Å²) in [5, 5.41) is 4.15. The lowest BCUT2D eigenvalue weighted by Gasteiger charge is -2.41. The monoisotopic (exact) mass is 338 g/mol. The van der Waals surface area contributed by atoms with Crippen LogP contribution in [-0.2, 0) is 16.1 Å². The molecule has 1 aliphatic carbocycles. The summed E-state index contributed by atoms with van der Waals surface area (Å²) in [4.78, 5) is 18.7. The normalized spacial score (nSPS) is 20.0. The number of nitrogens with one attached hydrogen (secondary N) is 1. The van der Waals surface area contributed by atoms with Crippen molar-refractivity contribution in [2.24, 2.45) is 17.8 Å². The van der Waals surface area contributed by atoms with Gasteiger partial charge in [-0.25, -0.2) is 4.98 Å². The molecule has 1 N–H and O–H groups in total. The Kier molecular flexibility index (Phi) is 5.48. The lowest BCUT2D eigenvalue weighted by molar-refractivity contribution is -0.141. The van der Waals surface area contributed by atoms with E-state index in [1.54, 1.807) is 7.11 Å². The summed E-state index contributed by atoms with van der Waals surface area (Å²) < 4.78 is 9.23. The summed E-state index contributed by atoms with van der Waals surface area (Å²) in [6.45, 7) is 5.12. The quantitative estimate of drug-likeness (QED) is 0.788. The molecule has 0 spiro atoms. The maximum atomic E-state index is 12.4. The highest BCUT2D eigenvalue weighted by atomic mass is 32.1. The van der Waals surface area contributed by atoms with E-state index in [0.717, 1.165) is 42.9 Å². The van der Waals surface area contributed by atoms with Gasteiger partial charge in [-0.05, 0) is 12.3 Å². The maximum absolute atomic E-state index is 12.4. The Labute approximate surface area is 141 Å². The zero-order valence-corrected chi connectivity index (χ0v) is 14.8. The first-order valence-corrected chi connectivity index (χ1v) is 9.27. The SMILES string of the molecule is COCc1nsc(NCC2CN(C(=O)C(C)CC3CCC3)C2)n1. The van der Waals surface area contributed by atoms with E-state index in [-0.39, 0.29) is 5.92 Å². The zero-order chi connectivity index (χ0) is 16.2. The number of carbonyl (C=O) groups is 1. The van der Waals surface area contributed by atoms with Crippen molar-refractivity contribution in [1.29, 1.82) is 0 Å². The van der Waals surface area contributed by atoms with E-state index in [4.69, 9.17) is 4.74 Å². The molecule has 1 aromatic heterocycles. The van der Waals surface area contributed by atoms with Gasteiger partial charge in [0.15, 0.2) is 5.82 Å². The Balaban J connectivity index is 1.34. The molecular formula is C16H26N4O2S. The first-order chi connectivity index (χ1) is 11.2. The molecule has 2 fully saturated rings. The van der Waals surface area contributed by atoms with E-state index in [2.05, 4.69) is 21.6 Å². The number of aromatic nitrogens is 2. The minimum Gasteiger partial charge on any atom is -0.377 e. The van der Waals surface area contributed by atoms with Crippen molar-refractivity contribution in [3.05, 3.63) is 5.82 Å². The van der Waals surface area contributed by atoms with Gasteiger partial charge in [-0.1, -0.05) is 26.2 Å². The number of likely N-dealkylation sites (tertiary alicyclic amines) is 1. The van der Waals surface area contributed by atoms with Crippen LogP contribution >= 0.6 is 11.5 Å². The molecule has 1 unspecified atom stereocenters. The average molecular weight is 338 g/mol. The van der Waals surface area contributed by atoms with Gasteiger partial charge in [-0.3, -0.25) is 4.79 Å². The van der Waals surface area contributed by atoms with Gasteiger partial charge >= 0.3 is 0 Å². The van der Waals surface area contributed by atoms with Crippen molar-refractivity contribution in [2.75, 3.05) is 32.1 Å². The summed E-state index contributed by atoms with van der Waals surface area (Å²) in [6.07, 6.45) is 5.06. The van der Waals surface area contributed by atoms with Crippen LogP contribution in [0.15, 0.2) is 0 Å². The zero-order valence-electron chi connectivity index (χ0n) is 14.0. The maximum Gasteiger partial charge on any atom is 0.225 e. The number of ether oxygens (including phenoxy) is 1. The number of amides is 1. The van der Waals surface area contributed by atoms with Crippen LogP contribution < -0.4 is 5.32 Å². The van der Waals surface area contributed by atoms with Crippen molar-refractivity contribution in [3.63, 3.8) is 0 Å². The molecule has 1 aliphatic heterocycles. The van der Waals surface area contributed by atoms with Crippen LogP contribution in [0.3, 0.4) is 0 Å². The average Bonchev–Trinajstić information content (AvgIpc) is 2.88. The summed E-state index contributed by atoms with van der Waals surface area (Å²) in [5.74, 6) is 2.56. The van der Waals surface area contributed by atoms with E-state index < -0.39 is 0 Å². The highest BCUT2D eigenvalue weighted by Crippen LogP contribution is 2.33. The van der Waals surface area contributed by atoms with E-state index in [9.17, 15) is 4.79 Å². The number of rotatable bonds is 8. The molecule has 2 heterocycles. The molecule has 1 saturated carbocycles. The number of hydrogen-bond acceptors (Lipinski definition) is 6. The Bertz CT molecular complexity index is 526. The van der Waals surface area contributed by atoms with E-state index in [0.29, 0.717) is 18.4 Å². The predicted molar refractivity (Wildman–Crippen MR) is 90.3 cm³/mol. The first-order valence-electron chi connectivity index (χ1n) is 8.50. The molecule has 0 radical (unpaired) electrons. The van der Waals surface area contributed by atoms with Crippen molar-refractivity contribution >= 4 is 22.6 Å². The van der Waals surface area contributed by atoms with Crippen molar-refractivity contribution in [1.82, 2.24) is 14.3 Å². The van der Waals surface area contributed by atoms with Gasteiger partial charge in [-0.15, -0.1) is 0 Å². The van der Waals surface area contributed by atoms with Crippen LogP contribution in [0, 0.1) is 17.8 Å². The topological polar surface area (TPSA) is 67.3 Å². The van der Waals surface area contributed by atoms with Gasteiger partial charge in [0.05, 0.1) is 0 Å². The fraction of sp³-hybridized carbons (Fsp3) is 0.812. The summed E-state index contributed by atoms with van der Waals surface area (Å²) in [7, 11) is 1.64. The van der Waals surface area contributed by atoms with Crippen molar-refractivity contribution in [2.45, 2.75) is 39.2 Å². The molecule has 3 rings (SSSR count). The smallest absolute Gasteiger partial charge is 0.225 e. The van der Waals surface area contributed by atoms with Crippen LogP contribution in [0.2, 0.25) is 0 Å². The minimum absolute atomic E-state index is 0.189. The van der Waals surface area contributed by atoms with Gasteiger partial charge in [0.2, 0.25) is 11.0 Å². The van der Waals surface area contributed by atoms with E-state index in [1.165, 1.54) is 30.8 Å². The molecular weight excluding hydrogens is 312 g/mol. The minimum atomic E-state index is 0.189. The molecule has 1 saturated heterocycles. The molecule has 0 bridgehead atoms. The number of nitrogens with zero attached hydrogens (tertiary/aromatic N) is 3. The van der Waals surface area contributed by atoms with Gasteiger partial charge < -0.3 is 15.0 Å². The van der Waals surface area contributed by atoms with Gasteiger partial charge in [-0.2, -0.15) is 4.37 Å². The number of hydrogen-bond donors (Lipinski definition) is 1. The third-order valence-electron chi connectivity index (χ3n) is 4.89. The highest BCUT2D eigenvalue weighted by Gasteiger charge is 2.34. The van der Waals surface area contributed by atoms with Crippen LogP contribution in [0.4, 0.5) is 5.13 Å². The van der Waals surface area contributed by atoms with E-state index in [1.807, 2.05) is 4.90 Å². The second kappa shape index (κ2) is 7.57. The number of methoxy groups -OCH3 is 1. The van der Waals surface area contributed by atoms with Crippen LogP contribution in [0.1, 0.15) is 38.4 Å². The Morgan fingerprint density at radius 2 is 2.22 bits per heavy atom. The standard InChI is InChI=1S/C16H26N4O2S/c1-11(6-12-4-3-5-12)15(21)20-8-13(9-20)7-17-16-18-14(10-22-2)19-23-16/h11-13H,3-10H2,1-2H3,(H,17,18,19). The molecule has 7 heteroatoms. The summed E-state index contributed by atoms with van der Waals surface area (Å²) >= 11 is 1.36. The lowest BCUT2D eigenvalue weighted by Crippen LogP contribution is -2.54. The fourth-order valence-electron chi connectivity index (χ4n) is 3.27. The molecule has 6 nitrogen and oxygen atoms in total. The van der Waals surface area contributed by atoms with Gasteiger partial charge in [0, 0.05) is 50.1 Å². The van der Waals surface area contributed by atoms with Crippen LogP contribution in [0.5, 0.6) is 0 Å². The Hall–Kier alpha value is -1.21. The van der Waals surface area contributed by atoms with Crippen molar-refractivity contribution < 1.29 is 9.53 Å². The molecule has 1 aromatic rings. The second-order valence-electron chi connectivity index (χ2n) is 6.87. The number of carbonyl (C=O) groups excluding carboxylic acids is 1. The third kappa shape index (κ3) is 4.20. The highest BCUT2D eigenvalue weighted by molar-refractivity contribution is 7.09. The van der Waals surface area contributed by atoms with Crippen molar-refractivity contribution in [3.8, 4) is 0 Å². The predicted octanol–water partition coefficient (Wildman–Crippen LogP) is 2.38. The van der Waals surface area contributed by atoms with Gasteiger partial charge in [0.1, 0.15) is 6.61 Å². The van der Waals surface area contributed by atoms with E-state index >= 15 is 0 Å². The largest absolute Gasteiger partial charge is 0.377 e. The lowest BCUT2D eigenvalue weighted by atomic mass is 9.79. The van der Waals surface area contributed by atoms with Crippen LogP contribution in [0.25, 0.3) is 0 Å². The summed E-state index contributed by atoms with van der Waals surface area (Å²) in [5.41, 5.74) is 0. The Morgan fingerprint density at radius 3 is 2.87 bits per heavy atom. The summed E-state index contributed by atoms with van der Waals surface area (Å²) in [6, 6.07) is 0.